The predicted molar refractivity (Wildman–Crippen MR) is 179 cm³/mol. The van der Waals surface area contributed by atoms with Crippen molar-refractivity contribution in [3.8, 4) is 11.1 Å². The molecule has 8 aromatic rings. The van der Waals surface area contributed by atoms with Gasteiger partial charge in [-0.25, -0.2) is 0 Å². The first-order valence-electron chi connectivity index (χ1n) is 14.1. The van der Waals surface area contributed by atoms with Crippen molar-refractivity contribution in [2.45, 2.75) is 20.0 Å². The second-order valence-corrected chi connectivity index (χ2v) is 20.2. The molecule has 0 heterocycles. The fourth-order valence-electron chi connectivity index (χ4n) is 5.85. The van der Waals surface area contributed by atoms with Crippen LogP contribution in [0.2, 0.25) is 13.1 Å². The van der Waals surface area contributed by atoms with Gasteiger partial charge in [-0.1, -0.05) is 103 Å². The van der Waals surface area contributed by atoms with Gasteiger partial charge in [0.15, 0.2) is 0 Å². The molecule has 0 aromatic heterocycles. The maximum absolute atomic E-state index is 2.35. The van der Waals surface area contributed by atoms with E-state index in [0.29, 0.717) is 0 Å². The van der Waals surface area contributed by atoms with Crippen LogP contribution >= 0.6 is 0 Å². The largest absolute Gasteiger partial charge is 1.00 e. The molecule has 0 spiro atoms. The van der Waals surface area contributed by atoms with Crippen LogP contribution in [-0.4, -0.2) is 5.43 Å². The molecule has 0 aliphatic carbocycles. The van der Waals surface area contributed by atoms with Gasteiger partial charge in [-0.05, 0) is 33.2 Å². The second kappa shape index (κ2) is 14.7. The Morgan fingerprint density at radius 2 is 1.02 bits per heavy atom. The van der Waals surface area contributed by atoms with Crippen molar-refractivity contribution in [3.63, 3.8) is 0 Å². The number of hydrogen-bond donors (Lipinski definition) is 0. The van der Waals surface area contributed by atoms with Gasteiger partial charge >= 0.3 is 41.9 Å². The van der Waals surface area contributed by atoms with E-state index in [1.807, 2.05) is 0 Å². The first kappa shape index (κ1) is 32.9. The van der Waals surface area contributed by atoms with E-state index < -0.39 is 0 Å². The Bertz CT molecular complexity index is 2120. The zero-order chi connectivity index (χ0) is 28.3. The summed E-state index contributed by atoms with van der Waals surface area (Å²) in [7, 11) is 0. The molecule has 43 heavy (non-hydrogen) atoms. The van der Waals surface area contributed by atoms with E-state index in [0.717, 1.165) is 0 Å². The van der Waals surface area contributed by atoms with Gasteiger partial charge < -0.3 is 24.8 Å². The SMILES string of the molecule is C[Si](C)=[Zr+2].Cc1c[cH-]c2cccc(-c3cc4ccccc4c4ccccc34)c12.[Cl-].[Cl-].c1ccc2c(c1)[cH-]c1ccccc12. The molecule has 0 atom stereocenters. The van der Waals surface area contributed by atoms with Gasteiger partial charge in [0, 0.05) is 0 Å². The van der Waals surface area contributed by atoms with E-state index in [1.165, 1.54) is 70.6 Å². The van der Waals surface area contributed by atoms with Crippen molar-refractivity contribution in [1.82, 2.24) is 0 Å². The molecule has 0 saturated carbocycles. The van der Waals surface area contributed by atoms with E-state index in [1.54, 1.807) is 23.3 Å². The van der Waals surface area contributed by atoms with Crippen LogP contribution in [-0.2, 0) is 23.3 Å². The standard InChI is InChI=1S/C24H17.C13H9.C2H6Si.2ClH.Zr/c1-16-13-14-17-8-6-12-22(24(16)17)23-15-18-7-2-3-9-19(18)20-10-4-5-11-21(20)23;1-3-7-12-10(5-1)9-11-6-2-4-8-13(11)12;1-3-2;;;/h2-15H,1H3;1-9H;1-2H3;2*1H;/q2*-1;;;;+2/p-2. The fourth-order valence-corrected chi connectivity index (χ4v) is 5.85. The van der Waals surface area contributed by atoms with Gasteiger partial charge in [0.25, 0.3) is 0 Å². The van der Waals surface area contributed by atoms with Crippen LogP contribution in [0.25, 0.3) is 65.0 Å². The van der Waals surface area contributed by atoms with Crippen LogP contribution in [0.1, 0.15) is 5.56 Å². The fraction of sp³-hybridized carbons (Fsp3) is 0.0769. The van der Waals surface area contributed by atoms with Crippen molar-refractivity contribution in [2.24, 2.45) is 0 Å². The van der Waals surface area contributed by atoms with Crippen LogP contribution < -0.4 is 24.8 Å². The monoisotopic (exact) mass is 688 g/mol. The van der Waals surface area contributed by atoms with Crippen LogP contribution in [0.3, 0.4) is 0 Å². The first-order chi connectivity index (χ1) is 20.0. The van der Waals surface area contributed by atoms with Gasteiger partial charge in [-0.3, -0.25) is 0 Å². The topological polar surface area (TPSA) is 0 Å². The van der Waals surface area contributed by atoms with Crippen LogP contribution in [0.15, 0.2) is 140 Å². The van der Waals surface area contributed by atoms with E-state index in [-0.39, 0.29) is 30.2 Å². The summed E-state index contributed by atoms with van der Waals surface area (Å²) in [5, 5.41) is 13.4. The second-order valence-electron chi connectivity index (χ2n) is 10.8. The minimum absolute atomic E-state index is 0. The Morgan fingerprint density at radius 1 is 0.535 bits per heavy atom. The molecule has 0 saturated heterocycles. The summed E-state index contributed by atoms with van der Waals surface area (Å²) < 4.78 is 0. The summed E-state index contributed by atoms with van der Waals surface area (Å²) in [6, 6.07) is 50.1. The van der Waals surface area contributed by atoms with Gasteiger partial charge in [0.05, 0.1) is 0 Å². The van der Waals surface area contributed by atoms with Gasteiger partial charge in [0.2, 0.25) is 0 Å². The molecule has 212 valence electrons. The van der Waals surface area contributed by atoms with E-state index in [9.17, 15) is 0 Å². The normalized spacial score (nSPS) is 10.4. The summed E-state index contributed by atoms with van der Waals surface area (Å²) in [4.78, 5) is 0. The Balaban J connectivity index is 0.000000189. The zero-order valence-corrected chi connectivity index (χ0v) is 29.5. The maximum atomic E-state index is 2.35. The molecule has 4 heteroatoms. The summed E-state index contributed by atoms with van der Waals surface area (Å²) in [6.45, 7) is 6.82. The third kappa shape index (κ3) is 6.89. The first-order valence-corrected chi connectivity index (χ1v) is 20.3. The molecule has 0 amide bonds. The molecular formula is C39H32Cl2SiZr-2. The summed E-state index contributed by atoms with van der Waals surface area (Å²) in [6.07, 6.45) is 0. The van der Waals surface area contributed by atoms with E-state index in [2.05, 4.69) is 160 Å². The molecule has 0 aliphatic rings. The van der Waals surface area contributed by atoms with E-state index >= 15 is 0 Å². The zero-order valence-electron chi connectivity index (χ0n) is 24.5. The van der Waals surface area contributed by atoms with Gasteiger partial charge in [-0.2, -0.15) is 11.6 Å². The third-order valence-electron chi connectivity index (χ3n) is 7.58. The van der Waals surface area contributed by atoms with E-state index in [4.69, 9.17) is 0 Å². The molecule has 8 rings (SSSR count). The molecular weight excluding hydrogens is 659 g/mol. The van der Waals surface area contributed by atoms with Crippen molar-refractivity contribution in [1.29, 1.82) is 0 Å². The number of aryl methyl sites for hydroxylation is 1. The molecule has 0 nitrogen and oxygen atoms in total. The number of halogens is 2. The minimum atomic E-state index is 0. The Hall–Kier alpha value is -3.00. The number of rotatable bonds is 1. The average Bonchev–Trinajstić information content (AvgIpc) is 3.57. The summed E-state index contributed by atoms with van der Waals surface area (Å²) in [5.41, 5.74) is 4.21. The number of benzene rings is 6. The van der Waals surface area contributed by atoms with Crippen molar-refractivity contribution in [2.75, 3.05) is 0 Å². The smallest absolute Gasteiger partial charge is 0.00995 e. The Kier molecular flexibility index (Phi) is 11.2. The number of hydrogen-bond acceptors (Lipinski definition) is 0. The number of fused-ring (bicyclic) bond motifs is 7. The quantitative estimate of drug-likeness (QED) is 0.124. The molecule has 0 N–H and O–H groups in total. The molecule has 0 bridgehead atoms. The van der Waals surface area contributed by atoms with Crippen LogP contribution in [0, 0.1) is 6.92 Å². The molecule has 8 aromatic carbocycles. The Labute approximate surface area is 281 Å². The minimum Gasteiger partial charge on any atom is -1.00 e. The third-order valence-corrected chi connectivity index (χ3v) is 7.58. The van der Waals surface area contributed by atoms with Gasteiger partial charge in [0.1, 0.15) is 0 Å². The molecule has 0 aliphatic heterocycles. The summed E-state index contributed by atoms with van der Waals surface area (Å²) in [5.74, 6) is 0. The summed E-state index contributed by atoms with van der Waals surface area (Å²) >= 11 is 1.74. The Morgan fingerprint density at radius 3 is 1.65 bits per heavy atom. The van der Waals surface area contributed by atoms with Gasteiger partial charge in [-0.15, -0.1) is 68.7 Å². The molecule has 0 unspecified atom stereocenters. The van der Waals surface area contributed by atoms with Crippen molar-refractivity contribution < 1.29 is 48.1 Å². The molecule has 0 radical (unpaired) electrons. The van der Waals surface area contributed by atoms with Crippen molar-refractivity contribution >= 4 is 59.3 Å². The van der Waals surface area contributed by atoms with Crippen LogP contribution in [0.4, 0.5) is 0 Å². The molecule has 0 fully saturated rings. The maximum Gasteiger partial charge on any atom is -0.00995 e. The van der Waals surface area contributed by atoms with Crippen LogP contribution in [0.5, 0.6) is 0 Å². The average molecular weight is 691 g/mol. The van der Waals surface area contributed by atoms with Crippen molar-refractivity contribution in [3.05, 3.63) is 145 Å². The predicted octanol–water partition coefficient (Wildman–Crippen LogP) is 5.34.